The molecule has 6 nitrogen and oxygen atoms in total. The molecule has 1 aliphatic rings. The number of fused-ring (bicyclic) bond motifs is 1. The van der Waals surface area contributed by atoms with Gasteiger partial charge in [-0.15, -0.1) is 0 Å². The summed E-state index contributed by atoms with van der Waals surface area (Å²) in [5.74, 6) is -0.774. The van der Waals surface area contributed by atoms with E-state index in [2.05, 4.69) is 0 Å². The van der Waals surface area contributed by atoms with Crippen molar-refractivity contribution in [1.29, 1.82) is 0 Å². The molecule has 0 atom stereocenters. The third kappa shape index (κ3) is 3.86. The lowest BCUT2D eigenvalue weighted by Crippen LogP contribution is -2.42. The van der Waals surface area contributed by atoms with Crippen LogP contribution in [0.5, 0.6) is 0 Å². The quantitative estimate of drug-likeness (QED) is 0.683. The zero-order valence-electron chi connectivity index (χ0n) is 16.2. The van der Waals surface area contributed by atoms with Crippen LogP contribution in [-0.2, 0) is 16.1 Å². The van der Waals surface area contributed by atoms with Gasteiger partial charge in [-0.05, 0) is 30.3 Å². The maximum atomic E-state index is 13.6. The molecule has 2 amide bonds. The Hall–Kier alpha value is -3.19. The largest absolute Gasteiger partial charge is 0.378 e. The number of carbonyl (C=O) groups excluding carboxylic acids is 2. The Morgan fingerprint density at radius 1 is 1.07 bits per heavy atom. The molecular formula is C22H22FN3O3. The first-order valence-corrected chi connectivity index (χ1v) is 9.52. The van der Waals surface area contributed by atoms with Crippen molar-refractivity contribution in [3.8, 4) is 0 Å². The second kappa shape index (κ2) is 8.05. The standard InChI is InChI=1S/C22H22FN3O3/c1-24(18-7-4-6-17(23)14-18)22(28)20-13-16-5-2-3-8-19(16)26(20)15-21(27)25-9-11-29-12-10-25/h2-8,13-14H,9-12,15H2,1H3. The fourth-order valence-electron chi connectivity index (χ4n) is 3.58. The summed E-state index contributed by atoms with van der Waals surface area (Å²) in [6, 6.07) is 15.2. The van der Waals surface area contributed by atoms with Crippen molar-refractivity contribution in [3.05, 3.63) is 66.1 Å². The second-order valence-electron chi connectivity index (χ2n) is 7.01. The second-order valence-corrected chi connectivity index (χ2v) is 7.01. The number of rotatable bonds is 4. The number of anilines is 1. The van der Waals surface area contributed by atoms with E-state index in [0.29, 0.717) is 37.7 Å². The highest BCUT2D eigenvalue weighted by Gasteiger charge is 2.24. The number of amides is 2. The van der Waals surface area contributed by atoms with Crippen molar-refractivity contribution in [1.82, 2.24) is 9.47 Å². The number of ether oxygens (including phenoxy) is 1. The van der Waals surface area contributed by atoms with Gasteiger partial charge in [0.25, 0.3) is 5.91 Å². The number of hydrogen-bond acceptors (Lipinski definition) is 3. The van der Waals surface area contributed by atoms with E-state index in [9.17, 15) is 14.0 Å². The highest BCUT2D eigenvalue weighted by atomic mass is 19.1. The first-order valence-electron chi connectivity index (χ1n) is 9.52. The van der Waals surface area contributed by atoms with Crippen LogP contribution in [0.2, 0.25) is 0 Å². The van der Waals surface area contributed by atoms with E-state index in [-0.39, 0.29) is 18.4 Å². The molecule has 1 fully saturated rings. The number of nitrogens with zero attached hydrogens (tertiary/aromatic N) is 3. The highest BCUT2D eigenvalue weighted by Crippen LogP contribution is 2.23. The first kappa shape index (κ1) is 19.1. The van der Waals surface area contributed by atoms with Crippen LogP contribution in [0.3, 0.4) is 0 Å². The molecule has 4 rings (SSSR count). The van der Waals surface area contributed by atoms with Gasteiger partial charge in [-0.2, -0.15) is 0 Å². The maximum absolute atomic E-state index is 13.6. The Bertz CT molecular complexity index is 1060. The fourth-order valence-corrected chi connectivity index (χ4v) is 3.58. The normalized spacial score (nSPS) is 14.2. The van der Waals surface area contributed by atoms with Crippen molar-refractivity contribution >= 4 is 28.4 Å². The van der Waals surface area contributed by atoms with E-state index >= 15 is 0 Å². The number of para-hydroxylation sites is 1. The van der Waals surface area contributed by atoms with Gasteiger partial charge in [0.15, 0.2) is 0 Å². The lowest BCUT2D eigenvalue weighted by Gasteiger charge is -2.27. The van der Waals surface area contributed by atoms with Crippen LogP contribution in [0.15, 0.2) is 54.6 Å². The Labute approximate surface area is 168 Å². The summed E-state index contributed by atoms with van der Waals surface area (Å²) in [7, 11) is 1.60. The van der Waals surface area contributed by atoms with Crippen molar-refractivity contribution < 1.29 is 18.7 Å². The Morgan fingerprint density at radius 2 is 1.83 bits per heavy atom. The SMILES string of the molecule is CN(C(=O)c1cc2ccccc2n1CC(=O)N1CCOCC1)c1cccc(F)c1. The molecule has 0 unspecified atom stereocenters. The van der Waals surface area contributed by atoms with E-state index in [1.54, 1.807) is 34.7 Å². The number of hydrogen-bond donors (Lipinski definition) is 0. The van der Waals surface area contributed by atoms with E-state index in [0.717, 1.165) is 10.9 Å². The summed E-state index contributed by atoms with van der Waals surface area (Å²) >= 11 is 0. The van der Waals surface area contributed by atoms with Crippen LogP contribution in [-0.4, -0.2) is 54.6 Å². The molecule has 0 radical (unpaired) electrons. The fraction of sp³-hybridized carbons (Fsp3) is 0.273. The third-order valence-corrected chi connectivity index (χ3v) is 5.19. The average molecular weight is 395 g/mol. The monoisotopic (exact) mass is 395 g/mol. The van der Waals surface area contributed by atoms with E-state index in [4.69, 9.17) is 4.74 Å². The molecule has 2 heterocycles. The van der Waals surface area contributed by atoms with Gasteiger partial charge in [-0.3, -0.25) is 9.59 Å². The van der Waals surface area contributed by atoms with Gasteiger partial charge < -0.3 is 19.1 Å². The Balaban J connectivity index is 1.69. The topological polar surface area (TPSA) is 54.8 Å². The summed E-state index contributed by atoms with van der Waals surface area (Å²) in [4.78, 5) is 29.2. The van der Waals surface area contributed by atoms with Gasteiger partial charge in [0.05, 0.1) is 13.2 Å². The van der Waals surface area contributed by atoms with Gasteiger partial charge in [0, 0.05) is 36.7 Å². The van der Waals surface area contributed by atoms with Crippen molar-refractivity contribution in [2.45, 2.75) is 6.54 Å². The minimum absolute atomic E-state index is 0.0582. The molecule has 7 heteroatoms. The predicted molar refractivity (Wildman–Crippen MR) is 108 cm³/mol. The smallest absolute Gasteiger partial charge is 0.274 e. The summed E-state index contributed by atoms with van der Waals surface area (Å²) in [6.45, 7) is 2.19. The van der Waals surface area contributed by atoms with Crippen LogP contribution in [0.4, 0.5) is 10.1 Å². The molecule has 0 aliphatic carbocycles. The molecule has 150 valence electrons. The van der Waals surface area contributed by atoms with E-state index in [1.165, 1.54) is 17.0 Å². The lowest BCUT2D eigenvalue weighted by molar-refractivity contribution is -0.135. The van der Waals surface area contributed by atoms with Gasteiger partial charge in [0.1, 0.15) is 18.1 Å². The van der Waals surface area contributed by atoms with Crippen LogP contribution < -0.4 is 4.90 Å². The summed E-state index contributed by atoms with van der Waals surface area (Å²) in [6.07, 6.45) is 0. The van der Waals surface area contributed by atoms with Gasteiger partial charge in [-0.1, -0.05) is 24.3 Å². The minimum Gasteiger partial charge on any atom is -0.378 e. The molecular weight excluding hydrogens is 373 g/mol. The zero-order valence-corrected chi connectivity index (χ0v) is 16.2. The molecule has 29 heavy (non-hydrogen) atoms. The maximum Gasteiger partial charge on any atom is 0.274 e. The van der Waals surface area contributed by atoms with Crippen molar-refractivity contribution in [2.75, 3.05) is 38.3 Å². The molecule has 0 N–H and O–H groups in total. The summed E-state index contributed by atoms with van der Waals surface area (Å²) in [5, 5.41) is 0.873. The van der Waals surface area contributed by atoms with Gasteiger partial charge in [-0.25, -0.2) is 4.39 Å². The van der Waals surface area contributed by atoms with Gasteiger partial charge in [0.2, 0.25) is 5.91 Å². The molecule has 3 aromatic rings. The molecule has 0 bridgehead atoms. The Kier molecular flexibility index (Phi) is 5.31. The van der Waals surface area contributed by atoms with Crippen LogP contribution in [0.25, 0.3) is 10.9 Å². The highest BCUT2D eigenvalue weighted by molar-refractivity contribution is 6.08. The number of halogens is 1. The van der Waals surface area contributed by atoms with Crippen LogP contribution >= 0.6 is 0 Å². The molecule has 1 aliphatic heterocycles. The van der Waals surface area contributed by atoms with E-state index < -0.39 is 5.82 Å². The molecule has 2 aromatic carbocycles. The minimum atomic E-state index is -0.412. The number of carbonyl (C=O) groups is 2. The predicted octanol–water partition coefficient (Wildman–Crippen LogP) is 2.92. The van der Waals surface area contributed by atoms with Crippen molar-refractivity contribution in [2.24, 2.45) is 0 Å². The third-order valence-electron chi connectivity index (χ3n) is 5.19. The van der Waals surface area contributed by atoms with Gasteiger partial charge >= 0.3 is 0 Å². The Morgan fingerprint density at radius 3 is 2.59 bits per heavy atom. The molecule has 1 aromatic heterocycles. The van der Waals surface area contributed by atoms with Crippen LogP contribution in [0.1, 0.15) is 10.5 Å². The first-order chi connectivity index (χ1) is 14.0. The molecule has 0 spiro atoms. The molecule has 1 saturated heterocycles. The lowest BCUT2D eigenvalue weighted by atomic mass is 10.2. The summed E-state index contributed by atoms with van der Waals surface area (Å²) in [5.41, 5.74) is 1.65. The number of aromatic nitrogens is 1. The summed E-state index contributed by atoms with van der Waals surface area (Å²) < 4.78 is 20.7. The van der Waals surface area contributed by atoms with Crippen molar-refractivity contribution in [3.63, 3.8) is 0 Å². The van der Waals surface area contributed by atoms with Crippen LogP contribution in [0, 0.1) is 5.82 Å². The number of benzene rings is 2. The van der Waals surface area contributed by atoms with E-state index in [1.807, 2.05) is 24.3 Å². The zero-order chi connectivity index (χ0) is 20.4. The average Bonchev–Trinajstić information content (AvgIpc) is 3.11. The molecule has 0 saturated carbocycles. The number of morpholine rings is 1.